The van der Waals surface area contributed by atoms with Gasteiger partial charge in [-0.3, -0.25) is 19.1 Å². The third kappa shape index (κ3) is 6.58. The SMILES string of the molecule is Cc1cn([C@@H]2C[C@@H](CNC(=O)c3ccc(CNC(=O)OC(C)(C)C)cc3)[C@@H](O)[C@@H]2O)c(=O)[nH]c1=O. The van der Waals surface area contributed by atoms with Crippen molar-refractivity contribution in [3.63, 3.8) is 0 Å². The molecule has 35 heavy (non-hydrogen) atoms. The Morgan fingerprint density at radius 3 is 2.40 bits per heavy atom. The molecular formula is C24H32N4O7. The van der Waals surface area contributed by atoms with Gasteiger partial charge in [-0.1, -0.05) is 12.1 Å². The molecule has 3 rings (SSSR count). The predicted molar refractivity (Wildman–Crippen MR) is 127 cm³/mol. The van der Waals surface area contributed by atoms with Crippen molar-refractivity contribution >= 4 is 12.0 Å². The molecule has 0 spiro atoms. The van der Waals surface area contributed by atoms with E-state index in [1.807, 2.05) is 0 Å². The molecule has 0 radical (unpaired) electrons. The fraction of sp³-hybridized carbons (Fsp3) is 0.500. The standard InChI is InChI=1S/C24H32N4O7/c1-13-12-28(22(33)27-20(13)31)17-9-16(18(29)19(17)30)11-25-21(32)15-7-5-14(6-8-15)10-26-23(34)35-24(2,3)4/h5-8,12,16-19,29-30H,9-11H2,1-4H3,(H,25,32)(H,26,34)(H,27,31,33)/t16-,17+,18+,19+/m0/s1. The number of alkyl carbamates (subject to hydrolysis) is 1. The van der Waals surface area contributed by atoms with Crippen molar-refractivity contribution in [1.29, 1.82) is 0 Å². The van der Waals surface area contributed by atoms with Gasteiger partial charge in [0.2, 0.25) is 0 Å². The second-order valence-corrected chi connectivity index (χ2v) is 9.79. The van der Waals surface area contributed by atoms with Crippen molar-refractivity contribution < 1.29 is 24.5 Å². The number of carbonyl (C=O) groups is 2. The van der Waals surface area contributed by atoms with Crippen LogP contribution in [0.15, 0.2) is 40.1 Å². The van der Waals surface area contributed by atoms with E-state index in [-0.39, 0.29) is 25.4 Å². The first-order valence-electron chi connectivity index (χ1n) is 11.4. The average molecular weight is 489 g/mol. The monoisotopic (exact) mass is 488 g/mol. The van der Waals surface area contributed by atoms with Crippen molar-refractivity contribution in [2.75, 3.05) is 6.54 Å². The van der Waals surface area contributed by atoms with Crippen LogP contribution in [0.5, 0.6) is 0 Å². The van der Waals surface area contributed by atoms with Crippen molar-refractivity contribution in [3.8, 4) is 0 Å². The molecular weight excluding hydrogens is 456 g/mol. The lowest BCUT2D eigenvalue weighted by Gasteiger charge is -2.19. The lowest BCUT2D eigenvalue weighted by molar-refractivity contribution is 0.00580. The van der Waals surface area contributed by atoms with E-state index in [2.05, 4.69) is 15.6 Å². The Kier molecular flexibility index (Phi) is 7.81. The van der Waals surface area contributed by atoms with Gasteiger partial charge >= 0.3 is 11.8 Å². The summed E-state index contributed by atoms with van der Waals surface area (Å²) in [6.45, 7) is 7.20. The number of aliphatic hydroxyl groups is 2. The number of nitrogens with one attached hydrogen (secondary N) is 3. The molecule has 4 atom stereocenters. The molecule has 2 amide bonds. The van der Waals surface area contributed by atoms with E-state index in [9.17, 15) is 29.4 Å². The zero-order valence-corrected chi connectivity index (χ0v) is 20.2. The molecule has 0 aliphatic heterocycles. The van der Waals surface area contributed by atoms with E-state index in [4.69, 9.17) is 4.74 Å². The van der Waals surface area contributed by atoms with E-state index in [0.717, 1.165) is 5.56 Å². The van der Waals surface area contributed by atoms with Gasteiger partial charge in [-0.15, -0.1) is 0 Å². The zero-order chi connectivity index (χ0) is 25.9. The maximum atomic E-state index is 12.6. The second-order valence-electron chi connectivity index (χ2n) is 9.79. The minimum Gasteiger partial charge on any atom is -0.444 e. The summed E-state index contributed by atoms with van der Waals surface area (Å²) in [4.78, 5) is 50.3. The number of nitrogens with zero attached hydrogens (tertiary/aromatic N) is 1. The molecule has 190 valence electrons. The number of aliphatic hydroxyl groups excluding tert-OH is 2. The Labute approximate surface area is 202 Å². The third-order valence-corrected chi connectivity index (χ3v) is 5.85. The fourth-order valence-electron chi connectivity index (χ4n) is 4.00. The molecule has 1 fully saturated rings. The van der Waals surface area contributed by atoms with Crippen LogP contribution in [-0.2, 0) is 11.3 Å². The number of benzene rings is 1. The van der Waals surface area contributed by atoms with Crippen LogP contribution in [0.2, 0.25) is 0 Å². The Morgan fingerprint density at radius 2 is 1.77 bits per heavy atom. The minimum atomic E-state index is -1.23. The van der Waals surface area contributed by atoms with Gasteiger partial charge in [0.05, 0.1) is 12.1 Å². The number of H-pyrrole nitrogens is 1. The Hall–Kier alpha value is -3.44. The molecule has 5 N–H and O–H groups in total. The number of aryl methyl sites for hydroxylation is 1. The van der Waals surface area contributed by atoms with Crippen LogP contribution in [0, 0.1) is 12.8 Å². The fourth-order valence-corrected chi connectivity index (χ4v) is 4.00. The van der Waals surface area contributed by atoms with E-state index in [0.29, 0.717) is 11.1 Å². The normalized spacial score (nSPS) is 22.0. The Morgan fingerprint density at radius 1 is 1.11 bits per heavy atom. The van der Waals surface area contributed by atoms with Gasteiger partial charge in [0, 0.05) is 36.3 Å². The van der Waals surface area contributed by atoms with Gasteiger partial charge in [-0.2, -0.15) is 0 Å². The molecule has 1 aromatic heterocycles. The quantitative estimate of drug-likeness (QED) is 0.397. The van der Waals surface area contributed by atoms with Gasteiger partial charge < -0.3 is 25.6 Å². The second kappa shape index (κ2) is 10.4. The summed E-state index contributed by atoms with van der Waals surface area (Å²) in [6.07, 6.45) is -1.31. The number of aromatic amines is 1. The highest BCUT2D eigenvalue weighted by Gasteiger charge is 2.42. The van der Waals surface area contributed by atoms with E-state index >= 15 is 0 Å². The van der Waals surface area contributed by atoms with E-state index in [1.165, 1.54) is 10.8 Å². The van der Waals surface area contributed by atoms with Crippen molar-refractivity contribution in [2.45, 2.75) is 64.5 Å². The van der Waals surface area contributed by atoms with Crippen LogP contribution >= 0.6 is 0 Å². The summed E-state index contributed by atoms with van der Waals surface area (Å²) in [5.41, 5.74) is -0.274. The molecule has 1 aliphatic rings. The molecule has 1 saturated carbocycles. The van der Waals surface area contributed by atoms with E-state index in [1.54, 1.807) is 52.0 Å². The van der Waals surface area contributed by atoms with Crippen LogP contribution in [0.1, 0.15) is 54.7 Å². The highest BCUT2D eigenvalue weighted by Crippen LogP contribution is 2.34. The summed E-state index contributed by atoms with van der Waals surface area (Å²) in [5.74, 6) is -0.853. The minimum absolute atomic E-state index is 0.0899. The number of carbonyl (C=O) groups excluding carboxylic acids is 2. The maximum Gasteiger partial charge on any atom is 0.407 e. The van der Waals surface area contributed by atoms with Crippen LogP contribution < -0.4 is 21.9 Å². The largest absolute Gasteiger partial charge is 0.444 e. The topological polar surface area (TPSA) is 163 Å². The number of aromatic nitrogens is 2. The van der Waals surface area contributed by atoms with Crippen LogP contribution in [-0.4, -0.2) is 56.1 Å². The van der Waals surface area contributed by atoms with Gasteiger partial charge in [0.25, 0.3) is 11.5 Å². The van der Waals surface area contributed by atoms with Crippen LogP contribution in [0.4, 0.5) is 4.79 Å². The van der Waals surface area contributed by atoms with E-state index < -0.39 is 47.1 Å². The highest BCUT2D eigenvalue weighted by molar-refractivity contribution is 5.94. The lowest BCUT2D eigenvalue weighted by Crippen LogP contribution is -2.38. The third-order valence-electron chi connectivity index (χ3n) is 5.85. The molecule has 1 aliphatic carbocycles. The summed E-state index contributed by atoms with van der Waals surface area (Å²) < 4.78 is 6.40. The Bertz CT molecular complexity index is 1180. The molecule has 0 unspecified atom stereocenters. The summed E-state index contributed by atoms with van der Waals surface area (Å²) in [5, 5.41) is 26.3. The molecule has 11 heteroatoms. The number of hydrogen-bond acceptors (Lipinski definition) is 7. The van der Waals surface area contributed by atoms with Crippen LogP contribution in [0.3, 0.4) is 0 Å². The van der Waals surface area contributed by atoms with Crippen molar-refractivity contribution in [3.05, 3.63) is 68.0 Å². The molecule has 11 nitrogen and oxygen atoms in total. The maximum absolute atomic E-state index is 12.6. The predicted octanol–water partition coefficient (Wildman–Crippen LogP) is 0.583. The number of ether oxygens (including phenoxy) is 1. The average Bonchev–Trinajstić information content (AvgIpc) is 3.06. The number of hydrogen-bond donors (Lipinski definition) is 5. The lowest BCUT2D eigenvalue weighted by atomic mass is 10.1. The first-order valence-corrected chi connectivity index (χ1v) is 11.4. The summed E-state index contributed by atoms with van der Waals surface area (Å²) in [7, 11) is 0. The highest BCUT2D eigenvalue weighted by atomic mass is 16.6. The molecule has 1 aromatic carbocycles. The summed E-state index contributed by atoms with van der Waals surface area (Å²) in [6, 6.07) is 5.93. The Balaban J connectivity index is 1.55. The summed E-state index contributed by atoms with van der Waals surface area (Å²) >= 11 is 0. The van der Waals surface area contributed by atoms with Crippen LogP contribution in [0.25, 0.3) is 0 Å². The first kappa shape index (κ1) is 26.2. The van der Waals surface area contributed by atoms with Gasteiger partial charge in [-0.25, -0.2) is 9.59 Å². The number of amides is 2. The van der Waals surface area contributed by atoms with Crippen molar-refractivity contribution in [2.24, 2.45) is 5.92 Å². The van der Waals surface area contributed by atoms with Gasteiger partial charge in [0.15, 0.2) is 0 Å². The molecule has 0 bridgehead atoms. The molecule has 1 heterocycles. The molecule has 2 aromatic rings. The zero-order valence-electron chi connectivity index (χ0n) is 20.2. The first-order chi connectivity index (χ1) is 16.4. The van der Waals surface area contributed by atoms with Gasteiger partial charge in [0.1, 0.15) is 11.7 Å². The number of rotatable bonds is 6. The van der Waals surface area contributed by atoms with Crippen molar-refractivity contribution in [1.82, 2.24) is 20.2 Å². The smallest absolute Gasteiger partial charge is 0.407 e. The van der Waals surface area contributed by atoms with Gasteiger partial charge in [-0.05, 0) is 51.8 Å². The molecule has 0 saturated heterocycles.